The molecule has 0 aromatic heterocycles. The first-order chi connectivity index (χ1) is 12.1. The molecule has 136 valence electrons. The van der Waals surface area contributed by atoms with Gasteiger partial charge in [-0.3, -0.25) is 4.79 Å². The van der Waals surface area contributed by atoms with Crippen LogP contribution in [-0.2, 0) is 9.53 Å². The summed E-state index contributed by atoms with van der Waals surface area (Å²) in [5.74, 6) is -0.113. The molecule has 25 heavy (non-hydrogen) atoms. The molecule has 2 fully saturated rings. The van der Waals surface area contributed by atoms with E-state index >= 15 is 0 Å². The molecule has 0 unspecified atom stereocenters. The standard InChI is InChI=1S/C18H26N4O3/c1-22-10-8-15(9-11-22)21-18(24)20-14-6-4-13(5-7-14)19-17(23)16-3-2-12-25-16/h4-7,15-16H,2-3,8-12H2,1H3,(H,19,23)(H2,20,21,24)/t16-/m1/s1. The lowest BCUT2D eigenvalue weighted by atomic mass is 10.1. The van der Waals surface area contributed by atoms with Gasteiger partial charge in [-0.1, -0.05) is 0 Å². The summed E-state index contributed by atoms with van der Waals surface area (Å²) in [4.78, 5) is 26.3. The quantitative estimate of drug-likeness (QED) is 0.779. The maximum Gasteiger partial charge on any atom is 0.319 e. The minimum Gasteiger partial charge on any atom is -0.368 e. The van der Waals surface area contributed by atoms with E-state index in [1.807, 2.05) is 0 Å². The van der Waals surface area contributed by atoms with Crippen LogP contribution in [0.3, 0.4) is 0 Å². The fraction of sp³-hybridized carbons (Fsp3) is 0.556. The number of rotatable bonds is 4. The highest BCUT2D eigenvalue weighted by molar-refractivity contribution is 5.95. The first-order valence-electron chi connectivity index (χ1n) is 8.89. The number of urea groups is 1. The molecule has 1 aromatic carbocycles. The number of anilines is 2. The third kappa shape index (κ3) is 5.17. The molecule has 2 saturated heterocycles. The molecule has 2 aliphatic rings. The van der Waals surface area contributed by atoms with Crippen LogP contribution in [0.2, 0.25) is 0 Å². The van der Waals surface area contributed by atoms with Crippen molar-refractivity contribution in [3.05, 3.63) is 24.3 Å². The zero-order valence-electron chi connectivity index (χ0n) is 14.6. The zero-order valence-corrected chi connectivity index (χ0v) is 14.6. The molecule has 0 spiro atoms. The Bertz CT molecular complexity index is 591. The Hall–Kier alpha value is -2.12. The number of nitrogens with zero attached hydrogens (tertiary/aromatic N) is 1. The molecule has 7 nitrogen and oxygen atoms in total. The number of amides is 3. The third-order valence-electron chi connectivity index (χ3n) is 4.69. The molecule has 1 atom stereocenters. The smallest absolute Gasteiger partial charge is 0.319 e. The Balaban J connectivity index is 1.45. The van der Waals surface area contributed by atoms with E-state index in [1.54, 1.807) is 24.3 Å². The van der Waals surface area contributed by atoms with Crippen LogP contribution >= 0.6 is 0 Å². The number of piperidine rings is 1. The van der Waals surface area contributed by atoms with Crippen molar-refractivity contribution in [3.63, 3.8) is 0 Å². The van der Waals surface area contributed by atoms with Crippen LogP contribution in [0, 0.1) is 0 Å². The molecule has 2 aliphatic heterocycles. The summed E-state index contributed by atoms with van der Waals surface area (Å²) in [7, 11) is 2.09. The molecule has 7 heteroatoms. The SMILES string of the molecule is CN1CCC(NC(=O)Nc2ccc(NC(=O)[C@H]3CCCO3)cc2)CC1. The van der Waals surface area contributed by atoms with Crippen LogP contribution in [0.1, 0.15) is 25.7 Å². The maximum atomic E-state index is 12.1. The van der Waals surface area contributed by atoms with Crippen molar-refractivity contribution in [2.75, 3.05) is 37.4 Å². The summed E-state index contributed by atoms with van der Waals surface area (Å²) in [6, 6.07) is 7.14. The highest BCUT2D eigenvalue weighted by atomic mass is 16.5. The molecule has 3 amide bonds. The number of ether oxygens (including phenoxy) is 1. The van der Waals surface area contributed by atoms with E-state index in [4.69, 9.17) is 4.74 Å². The van der Waals surface area contributed by atoms with Gasteiger partial charge in [0.2, 0.25) is 0 Å². The summed E-state index contributed by atoms with van der Waals surface area (Å²) >= 11 is 0. The summed E-state index contributed by atoms with van der Waals surface area (Å²) < 4.78 is 5.36. The number of hydrogen-bond acceptors (Lipinski definition) is 4. The lowest BCUT2D eigenvalue weighted by Gasteiger charge is -2.29. The molecule has 0 aliphatic carbocycles. The van der Waals surface area contributed by atoms with E-state index in [0.29, 0.717) is 18.0 Å². The van der Waals surface area contributed by atoms with E-state index in [2.05, 4.69) is 27.9 Å². The molecule has 0 radical (unpaired) electrons. The van der Waals surface area contributed by atoms with Gasteiger partial charge in [-0.2, -0.15) is 0 Å². The molecule has 3 rings (SSSR count). The van der Waals surface area contributed by atoms with Crippen molar-refractivity contribution in [2.45, 2.75) is 37.8 Å². The van der Waals surface area contributed by atoms with Gasteiger partial charge in [0.05, 0.1) is 0 Å². The third-order valence-corrected chi connectivity index (χ3v) is 4.69. The van der Waals surface area contributed by atoms with Gasteiger partial charge < -0.3 is 25.6 Å². The number of likely N-dealkylation sites (tertiary alicyclic amines) is 1. The van der Waals surface area contributed by atoms with E-state index in [0.717, 1.165) is 38.8 Å². The fourth-order valence-corrected chi connectivity index (χ4v) is 3.15. The van der Waals surface area contributed by atoms with Gasteiger partial charge in [-0.15, -0.1) is 0 Å². The number of benzene rings is 1. The Morgan fingerprint density at radius 3 is 2.28 bits per heavy atom. The number of carbonyl (C=O) groups is 2. The van der Waals surface area contributed by atoms with Crippen LogP contribution in [0.4, 0.5) is 16.2 Å². The van der Waals surface area contributed by atoms with Crippen LogP contribution in [0.5, 0.6) is 0 Å². The average molecular weight is 346 g/mol. The van der Waals surface area contributed by atoms with Crippen LogP contribution in [-0.4, -0.2) is 55.7 Å². The second-order valence-corrected chi connectivity index (χ2v) is 6.74. The lowest BCUT2D eigenvalue weighted by Crippen LogP contribution is -2.44. The molecular weight excluding hydrogens is 320 g/mol. The van der Waals surface area contributed by atoms with E-state index in [9.17, 15) is 9.59 Å². The Labute approximate surface area is 148 Å². The molecule has 0 saturated carbocycles. The van der Waals surface area contributed by atoms with E-state index < -0.39 is 0 Å². The topological polar surface area (TPSA) is 82.7 Å². The average Bonchev–Trinajstić information content (AvgIpc) is 3.13. The van der Waals surface area contributed by atoms with E-state index in [-0.39, 0.29) is 24.1 Å². The van der Waals surface area contributed by atoms with Crippen LogP contribution in [0.25, 0.3) is 0 Å². The second-order valence-electron chi connectivity index (χ2n) is 6.74. The normalized spacial score (nSPS) is 21.7. The Morgan fingerprint density at radius 2 is 1.68 bits per heavy atom. The number of carbonyl (C=O) groups excluding carboxylic acids is 2. The van der Waals surface area contributed by atoms with E-state index in [1.165, 1.54) is 0 Å². The van der Waals surface area contributed by atoms with Gasteiger partial charge in [0.15, 0.2) is 0 Å². The van der Waals surface area contributed by atoms with Crippen molar-refractivity contribution in [2.24, 2.45) is 0 Å². The minimum atomic E-state index is -0.349. The van der Waals surface area contributed by atoms with Gasteiger partial charge >= 0.3 is 6.03 Å². The van der Waals surface area contributed by atoms with Gasteiger partial charge in [-0.05, 0) is 70.1 Å². The van der Waals surface area contributed by atoms with Gasteiger partial charge in [0, 0.05) is 24.0 Å². The highest BCUT2D eigenvalue weighted by Crippen LogP contribution is 2.17. The van der Waals surface area contributed by atoms with Gasteiger partial charge in [0.25, 0.3) is 5.91 Å². The van der Waals surface area contributed by atoms with Crippen molar-refractivity contribution in [1.82, 2.24) is 10.2 Å². The molecule has 0 bridgehead atoms. The number of nitrogens with one attached hydrogen (secondary N) is 3. The minimum absolute atomic E-state index is 0.113. The largest absolute Gasteiger partial charge is 0.368 e. The van der Waals surface area contributed by atoms with Gasteiger partial charge in [-0.25, -0.2) is 4.79 Å². The first-order valence-corrected chi connectivity index (χ1v) is 8.89. The predicted molar refractivity (Wildman–Crippen MR) is 96.7 cm³/mol. The van der Waals surface area contributed by atoms with Gasteiger partial charge in [0.1, 0.15) is 6.10 Å². The summed E-state index contributed by atoms with van der Waals surface area (Å²) in [6.45, 7) is 2.65. The number of hydrogen-bond donors (Lipinski definition) is 3. The molecule has 1 aromatic rings. The van der Waals surface area contributed by atoms with Crippen molar-refractivity contribution >= 4 is 23.3 Å². The maximum absolute atomic E-state index is 12.1. The summed E-state index contributed by atoms with van der Waals surface area (Å²) in [5.41, 5.74) is 1.39. The Morgan fingerprint density at radius 1 is 1.04 bits per heavy atom. The summed E-state index contributed by atoms with van der Waals surface area (Å²) in [5, 5.41) is 8.68. The second kappa shape index (κ2) is 8.31. The molecule has 2 heterocycles. The van der Waals surface area contributed by atoms with Crippen LogP contribution in [0.15, 0.2) is 24.3 Å². The summed E-state index contributed by atoms with van der Waals surface area (Å²) in [6.07, 6.45) is 3.28. The first kappa shape index (κ1) is 17.7. The van der Waals surface area contributed by atoms with Crippen molar-refractivity contribution < 1.29 is 14.3 Å². The lowest BCUT2D eigenvalue weighted by molar-refractivity contribution is -0.124. The Kier molecular flexibility index (Phi) is 5.88. The van der Waals surface area contributed by atoms with Crippen molar-refractivity contribution in [3.8, 4) is 0 Å². The fourth-order valence-electron chi connectivity index (χ4n) is 3.15. The monoisotopic (exact) mass is 346 g/mol. The molecule has 3 N–H and O–H groups in total. The zero-order chi connectivity index (χ0) is 17.6. The molecular formula is C18H26N4O3. The predicted octanol–water partition coefficient (Wildman–Crippen LogP) is 2.02. The van der Waals surface area contributed by atoms with Crippen molar-refractivity contribution in [1.29, 1.82) is 0 Å². The van der Waals surface area contributed by atoms with Crippen LogP contribution < -0.4 is 16.0 Å². The highest BCUT2D eigenvalue weighted by Gasteiger charge is 2.23.